The molecule has 2 aromatic carbocycles. The number of nitrogens with one attached hydrogen (secondary N) is 1. The van der Waals surface area contributed by atoms with Crippen LogP contribution in [-0.2, 0) is 6.42 Å². The Morgan fingerprint density at radius 2 is 1.96 bits per heavy atom. The van der Waals surface area contributed by atoms with Crippen LogP contribution in [0.25, 0.3) is 0 Å². The van der Waals surface area contributed by atoms with Crippen molar-refractivity contribution >= 4 is 27.5 Å². The first-order valence-electron chi connectivity index (χ1n) is 7.05. The molecular weight excluding hydrogens is 358 g/mol. The second kappa shape index (κ2) is 6.75. The maximum absolute atomic E-state index is 12.2. The molecular formula is C17H14BrN3O2. The topological polar surface area (TPSA) is 68.0 Å². The van der Waals surface area contributed by atoms with Crippen LogP contribution < -0.4 is 5.32 Å². The molecule has 116 valence electrons. The predicted octanol–water partition coefficient (Wildman–Crippen LogP) is 3.98. The fourth-order valence-corrected chi connectivity index (χ4v) is 2.61. The summed E-state index contributed by atoms with van der Waals surface area (Å²) in [5.41, 5.74) is 2.70. The number of hydrogen-bond donors (Lipinski definition) is 1. The monoisotopic (exact) mass is 371 g/mol. The highest BCUT2D eigenvalue weighted by Crippen LogP contribution is 2.20. The van der Waals surface area contributed by atoms with E-state index >= 15 is 0 Å². The highest BCUT2D eigenvalue weighted by Gasteiger charge is 2.16. The van der Waals surface area contributed by atoms with E-state index in [1.54, 1.807) is 0 Å². The summed E-state index contributed by atoms with van der Waals surface area (Å²) in [5.74, 6) is -0.0469. The summed E-state index contributed by atoms with van der Waals surface area (Å²) in [6.07, 6.45) is 0.498. The molecule has 1 amide bonds. The van der Waals surface area contributed by atoms with Gasteiger partial charge >= 0.3 is 11.8 Å². The third kappa shape index (κ3) is 3.84. The maximum atomic E-state index is 12.2. The number of halogens is 1. The zero-order chi connectivity index (χ0) is 16.2. The van der Waals surface area contributed by atoms with Crippen molar-refractivity contribution in [1.82, 2.24) is 10.2 Å². The average molecular weight is 372 g/mol. The molecule has 1 heterocycles. The summed E-state index contributed by atoms with van der Waals surface area (Å²) in [6, 6.07) is 15.4. The van der Waals surface area contributed by atoms with Crippen LogP contribution in [0.5, 0.6) is 0 Å². The van der Waals surface area contributed by atoms with Gasteiger partial charge in [-0.3, -0.25) is 4.79 Å². The minimum absolute atomic E-state index is 0.0433. The van der Waals surface area contributed by atoms with E-state index in [0.29, 0.717) is 18.0 Å². The Morgan fingerprint density at radius 3 is 2.70 bits per heavy atom. The molecule has 0 unspecified atom stereocenters. The molecule has 0 bridgehead atoms. The molecule has 3 aromatic rings. The standard InChI is InChI=1S/C17H14BrN3O2/c1-11-9-13(18)7-8-14(11)19-16(22)17-21-20-15(23-17)10-12-5-3-2-4-6-12/h2-9H,10H2,1H3,(H,19,22). The largest absolute Gasteiger partial charge is 0.417 e. The van der Waals surface area contributed by atoms with Gasteiger partial charge in [-0.15, -0.1) is 10.2 Å². The second-order valence-corrected chi connectivity index (χ2v) is 5.99. The molecule has 0 saturated carbocycles. The number of carbonyl (C=O) groups is 1. The van der Waals surface area contributed by atoms with Crippen molar-refractivity contribution in [2.75, 3.05) is 5.32 Å². The van der Waals surface area contributed by atoms with Gasteiger partial charge < -0.3 is 9.73 Å². The summed E-state index contributed by atoms with van der Waals surface area (Å²) in [7, 11) is 0. The molecule has 0 aliphatic carbocycles. The first-order chi connectivity index (χ1) is 11.1. The average Bonchev–Trinajstić information content (AvgIpc) is 3.00. The Balaban J connectivity index is 1.71. The highest BCUT2D eigenvalue weighted by molar-refractivity contribution is 9.10. The van der Waals surface area contributed by atoms with Crippen molar-refractivity contribution < 1.29 is 9.21 Å². The van der Waals surface area contributed by atoms with Crippen molar-refractivity contribution in [1.29, 1.82) is 0 Å². The molecule has 0 aliphatic rings. The van der Waals surface area contributed by atoms with Crippen LogP contribution in [0.2, 0.25) is 0 Å². The SMILES string of the molecule is Cc1cc(Br)ccc1NC(=O)c1nnc(Cc2ccccc2)o1. The fourth-order valence-electron chi connectivity index (χ4n) is 2.13. The smallest absolute Gasteiger partial charge is 0.313 e. The lowest BCUT2D eigenvalue weighted by atomic mass is 10.2. The molecule has 23 heavy (non-hydrogen) atoms. The number of anilines is 1. The maximum Gasteiger partial charge on any atom is 0.313 e. The number of benzene rings is 2. The van der Waals surface area contributed by atoms with Crippen LogP contribution in [0.3, 0.4) is 0 Å². The first kappa shape index (κ1) is 15.4. The van der Waals surface area contributed by atoms with Crippen molar-refractivity contribution in [2.45, 2.75) is 13.3 Å². The number of amides is 1. The zero-order valence-corrected chi connectivity index (χ0v) is 14.0. The van der Waals surface area contributed by atoms with Crippen molar-refractivity contribution in [3.8, 4) is 0 Å². The van der Waals surface area contributed by atoms with Gasteiger partial charge in [0, 0.05) is 10.2 Å². The Labute approximate surface area is 141 Å². The summed E-state index contributed by atoms with van der Waals surface area (Å²) in [4.78, 5) is 12.2. The van der Waals surface area contributed by atoms with Crippen molar-refractivity contribution in [3.63, 3.8) is 0 Å². The van der Waals surface area contributed by atoms with Gasteiger partial charge in [-0.25, -0.2) is 0 Å². The van der Waals surface area contributed by atoms with Crippen LogP contribution >= 0.6 is 15.9 Å². The van der Waals surface area contributed by atoms with Gasteiger partial charge in [0.05, 0.1) is 6.42 Å². The molecule has 0 atom stereocenters. The fraction of sp³-hybridized carbons (Fsp3) is 0.118. The Bertz CT molecular complexity index is 831. The number of aromatic nitrogens is 2. The third-order valence-electron chi connectivity index (χ3n) is 3.30. The van der Waals surface area contributed by atoms with E-state index in [0.717, 1.165) is 15.6 Å². The Morgan fingerprint density at radius 1 is 1.17 bits per heavy atom. The van der Waals surface area contributed by atoms with Gasteiger partial charge in [0.15, 0.2) is 0 Å². The summed E-state index contributed by atoms with van der Waals surface area (Å²) < 4.78 is 6.40. The molecule has 1 N–H and O–H groups in total. The zero-order valence-electron chi connectivity index (χ0n) is 12.4. The summed E-state index contributed by atoms with van der Waals surface area (Å²) in [5, 5.41) is 10.5. The number of rotatable bonds is 4. The molecule has 0 saturated heterocycles. The number of hydrogen-bond acceptors (Lipinski definition) is 4. The Hall–Kier alpha value is -2.47. The second-order valence-electron chi connectivity index (χ2n) is 5.08. The van der Waals surface area contributed by atoms with Gasteiger partial charge in [0.25, 0.3) is 0 Å². The van der Waals surface area contributed by atoms with E-state index in [1.165, 1.54) is 0 Å². The molecule has 0 fully saturated rings. The van der Waals surface area contributed by atoms with Crippen molar-refractivity contribution in [3.05, 3.63) is 75.9 Å². The number of nitrogens with zero attached hydrogens (tertiary/aromatic N) is 2. The van der Waals surface area contributed by atoms with Crippen LogP contribution in [0, 0.1) is 6.92 Å². The summed E-state index contributed by atoms with van der Waals surface area (Å²) >= 11 is 3.39. The number of carbonyl (C=O) groups excluding carboxylic acids is 1. The number of aryl methyl sites for hydroxylation is 1. The van der Waals surface area contributed by atoms with E-state index in [4.69, 9.17) is 4.42 Å². The van der Waals surface area contributed by atoms with Crippen molar-refractivity contribution in [2.24, 2.45) is 0 Å². The van der Waals surface area contributed by atoms with Crippen LogP contribution in [-0.4, -0.2) is 16.1 Å². The van der Waals surface area contributed by atoms with E-state index in [1.807, 2.05) is 55.5 Å². The van der Waals surface area contributed by atoms with Gasteiger partial charge in [0.1, 0.15) is 0 Å². The lowest BCUT2D eigenvalue weighted by Crippen LogP contribution is -2.13. The first-order valence-corrected chi connectivity index (χ1v) is 7.85. The van der Waals surface area contributed by atoms with Gasteiger partial charge in [-0.1, -0.05) is 46.3 Å². The van der Waals surface area contributed by atoms with E-state index in [2.05, 4.69) is 31.4 Å². The normalized spacial score (nSPS) is 10.5. The van der Waals surface area contributed by atoms with E-state index < -0.39 is 5.91 Å². The van der Waals surface area contributed by atoms with Crippen LogP contribution in [0.1, 0.15) is 27.7 Å². The molecule has 1 aromatic heterocycles. The van der Waals surface area contributed by atoms with Gasteiger partial charge in [0.2, 0.25) is 5.89 Å². The lowest BCUT2D eigenvalue weighted by molar-refractivity contribution is 0.0988. The molecule has 0 spiro atoms. The van der Waals surface area contributed by atoms with Gasteiger partial charge in [-0.2, -0.15) is 0 Å². The van der Waals surface area contributed by atoms with Gasteiger partial charge in [-0.05, 0) is 36.2 Å². The minimum Gasteiger partial charge on any atom is -0.417 e. The quantitative estimate of drug-likeness (QED) is 0.752. The molecule has 3 rings (SSSR count). The van der Waals surface area contributed by atoms with Crippen LogP contribution in [0.4, 0.5) is 5.69 Å². The molecule has 0 aliphatic heterocycles. The third-order valence-corrected chi connectivity index (χ3v) is 3.79. The molecule has 5 nitrogen and oxygen atoms in total. The molecule has 0 radical (unpaired) electrons. The molecule has 6 heteroatoms. The highest BCUT2D eigenvalue weighted by atomic mass is 79.9. The van der Waals surface area contributed by atoms with E-state index in [9.17, 15) is 4.79 Å². The van der Waals surface area contributed by atoms with Crippen LogP contribution in [0.15, 0.2) is 57.4 Å². The summed E-state index contributed by atoms with van der Waals surface area (Å²) in [6.45, 7) is 1.91. The lowest BCUT2D eigenvalue weighted by Gasteiger charge is -2.06. The Kier molecular flexibility index (Phi) is 4.52. The minimum atomic E-state index is -0.415. The van der Waals surface area contributed by atoms with E-state index in [-0.39, 0.29) is 5.89 Å². The predicted molar refractivity (Wildman–Crippen MR) is 90.4 cm³/mol.